The van der Waals surface area contributed by atoms with E-state index in [9.17, 15) is 18.2 Å². The standard InChI is InChI=1S/C24H32FN5O4S/c1-24(2,3)34-23(32)29-9-7-27(8-10-29)21-18-15-17(25)5-6-20(18)26-16-19(21)22(31)28-11-13-30(14-12-28)35(4)33/h5-6,15-16H,7-14H2,1-4H3. The second kappa shape index (κ2) is 10.1. The van der Waals surface area contributed by atoms with Crippen LogP contribution in [0.4, 0.5) is 14.9 Å². The molecule has 11 heteroatoms. The number of anilines is 1. The van der Waals surface area contributed by atoms with Crippen molar-refractivity contribution in [1.29, 1.82) is 0 Å². The molecule has 0 bridgehead atoms. The molecular weight excluding hydrogens is 473 g/mol. The highest BCUT2D eigenvalue weighted by atomic mass is 32.2. The number of fused-ring (bicyclic) bond motifs is 1. The van der Waals surface area contributed by atoms with Crippen molar-refractivity contribution in [1.82, 2.24) is 19.1 Å². The fourth-order valence-corrected chi connectivity index (χ4v) is 5.08. The van der Waals surface area contributed by atoms with Crippen LogP contribution in [0, 0.1) is 5.82 Å². The quantitative estimate of drug-likeness (QED) is 0.637. The molecule has 2 fully saturated rings. The number of carbonyl (C=O) groups is 2. The van der Waals surface area contributed by atoms with Gasteiger partial charge in [0.2, 0.25) is 0 Å². The third kappa shape index (κ3) is 5.72. The molecule has 2 aromatic rings. The van der Waals surface area contributed by atoms with E-state index >= 15 is 0 Å². The summed E-state index contributed by atoms with van der Waals surface area (Å²) in [6.45, 7) is 9.21. The molecule has 1 unspecified atom stereocenters. The van der Waals surface area contributed by atoms with Gasteiger partial charge in [-0.3, -0.25) is 9.78 Å². The van der Waals surface area contributed by atoms with Gasteiger partial charge in [0.05, 0.1) is 27.8 Å². The van der Waals surface area contributed by atoms with Crippen LogP contribution < -0.4 is 4.90 Å². The molecular formula is C24H32FN5O4S. The number of hydrogen-bond donors (Lipinski definition) is 0. The fourth-order valence-electron chi connectivity index (χ4n) is 4.41. The molecule has 0 N–H and O–H groups in total. The molecule has 3 heterocycles. The van der Waals surface area contributed by atoms with Crippen LogP contribution in [0.25, 0.3) is 10.9 Å². The van der Waals surface area contributed by atoms with Crippen molar-refractivity contribution in [3.05, 3.63) is 35.8 Å². The predicted octanol–water partition coefficient (Wildman–Crippen LogP) is 2.48. The second-order valence-corrected chi connectivity index (χ2v) is 11.1. The molecule has 1 atom stereocenters. The lowest BCUT2D eigenvalue weighted by molar-refractivity contribution is 0.0240. The number of halogens is 1. The van der Waals surface area contributed by atoms with E-state index in [-0.39, 0.29) is 12.0 Å². The van der Waals surface area contributed by atoms with Crippen LogP contribution in [-0.4, -0.2) is 99.5 Å². The van der Waals surface area contributed by atoms with Gasteiger partial charge >= 0.3 is 6.09 Å². The molecule has 1 aromatic carbocycles. The Balaban J connectivity index is 1.61. The van der Waals surface area contributed by atoms with Crippen LogP contribution >= 0.6 is 0 Å². The monoisotopic (exact) mass is 505 g/mol. The number of aromatic nitrogens is 1. The second-order valence-electron chi connectivity index (χ2n) is 9.78. The fraction of sp³-hybridized carbons (Fsp3) is 0.542. The predicted molar refractivity (Wildman–Crippen MR) is 133 cm³/mol. The number of hydrogen-bond acceptors (Lipinski definition) is 6. The summed E-state index contributed by atoms with van der Waals surface area (Å²) in [6, 6.07) is 4.37. The number of benzene rings is 1. The van der Waals surface area contributed by atoms with Gasteiger partial charge in [-0.1, -0.05) is 0 Å². The van der Waals surface area contributed by atoms with Gasteiger partial charge in [-0.15, -0.1) is 0 Å². The van der Waals surface area contributed by atoms with E-state index < -0.39 is 22.4 Å². The Morgan fingerprint density at radius 1 is 1.00 bits per heavy atom. The van der Waals surface area contributed by atoms with Gasteiger partial charge < -0.3 is 19.4 Å². The smallest absolute Gasteiger partial charge is 0.410 e. The Labute approximate surface area is 207 Å². The first kappa shape index (κ1) is 25.3. The average molecular weight is 506 g/mol. The van der Waals surface area contributed by atoms with Gasteiger partial charge in [0.25, 0.3) is 5.91 Å². The number of carbonyl (C=O) groups excluding carboxylic acids is 2. The molecule has 9 nitrogen and oxygen atoms in total. The van der Waals surface area contributed by atoms with Crippen LogP contribution in [0.1, 0.15) is 31.1 Å². The van der Waals surface area contributed by atoms with Crippen molar-refractivity contribution in [2.45, 2.75) is 26.4 Å². The summed E-state index contributed by atoms with van der Waals surface area (Å²) in [5, 5.41) is 0.565. The highest BCUT2D eigenvalue weighted by Gasteiger charge is 2.31. The van der Waals surface area contributed by atoms with Crippen molar-refractivity contribution in [2.24, 2.45) is 0 Å². The van der Waals surface area contributed by atoms with E-state index in [0.717, 1.165) is 0 Å². The molecule has 2 amide bonds. The topological polar surface area (TPSA) is 86.3 Å². The molecule has 35 heavy (non-hydrogen) atoms. The van der Waals surface area contributed by atoms with Crippen LogP contribution in [0.3, 0.4) is 0 Å². The summed E-state index contributed by atoms with van der Waals surface area (Å²) >= 11 is 0. The van der Waals surface area contributed by atoms with Gasteiger partial charge in [-0.2, -0.15) is 0 Å². The Morgan fingerprint density at radius 2 is 1.63 bits per heavy atom. The van der Waals surface area contributed by atoms with E-state index in [4.69, 9.17) is 4.74 Å². The van der Waals surface area contributed by atoms with Crippen LogP contribution in [0.2, 0.25) is 0 Å². The molecule has 0 spiro atoms. The molecule has 2 aliphatic rings. The Kier molecular flexibility index (Phi) is 7.27. The molecule has 1 aromatic heterocycles. The number of ether oxygens (including phenoxy) is 1. The highest BCUT2D eigenvalue weighted by Crippen LogP contribution is 2.32. The zero-order valence-electron chi connectivity index (χ0n) is 20.6. The van der Waals surface area contributed by atoms with Crippen LogP contribution in [0.5, 0.6) is 0 Å². The van der Waals surface area contributed by atoms with Gasteiger partial charge in [0, 0.05) is 70.2 Å². The van der Waals surface area contributed by atoms with E-state index in [1.165, 1.54) is 12.1 Å². The SMILES string of the molecule is CS(=O)N1CCN(C(=O)c2cnc3ccc(F)cc3c2N2CCN(C(=O)OC(C)(C)C)CC2)CC1. The summed E-state index contributed by atoms with van der Waals surface area (Å²) in [5.41, 5.74) is 1.05. The van der Waals surface area contributed by atoms with Crippen molar-refractivity contribution < 1.29 is 22.9 Å². The number of rotatable bonds is 3. The summed E-state index contributed by atoms with van der Waals surface area (Å²) in [5.74, 6) is -0.591. The molecule has 0 aliphatic carbocycles. The summed E-state index contributed by atoms with van der Waals surface area (Å²) in [6.07, 6.45) is 2.82. The lowest BCUT2D eigenvalue weighted by Gasteiger charge is -2.38. The summed E-state index contributed by atoms with van der Waals surface area (Å²) in [7, 11) is -1.08. The summed E-state index contributed by atoms with van der Waals surface area (Å²) < 4.78 is 33.4. The first-order valence-corrected chi connectivity index (χ1v) is 13.2. The Morgan fingerprint density at radius 3 is 2.23 bits per heavy atom. The number of amides is 2. The maximum atomic E-state index is 14.3. The normalized spacial score (nSPS) is 18.6. The van der Waals surface area contributed by atoms with Crippen LogP contribution in [-0.2, 0) is 15.7 Å². The van der Waals surface area contributed by atoms with E-state index in [1.807, 2.05) is 30.0 Å². The Hall–Kier alpha value is -2.79. The van der Waals surface area contributed by atoms with Gasteiger partial charge in [0.1, 0.15) is 11.4 Å². The first-order chi connectivity index (χ1) is 16.5. The molecule has 2 saturated heterocycles. The van der Waals surface area contributed by atoms with E-state index in [2.05, 4.69) is 4.98 Å². The van der Waals surface area contributed by atoms with Gasteiger partial charge in [0.15, 0.2) is 0 Å². The van der Waals surface area contributed by atoms with E-state index in [1.54, 1.807) is 28.3 Å². The van der Waals surface area contributed by atoms with Crippen molar-refractivity contribution in [3.8, 4) is 0 Å². The van der Waals surface area contributed by atoms with Gasteiger partial charge in [-0.05, 0) is 39.0 Å². The lowest BCUT2D eigenvalue weighted by Crippen LogP contribution is -2.51. The molecule has 0 radical (unpaired) electrons. The lowest BCUT2D eigenvalue weighted by atomic mass is 10.1. The maximum absolute atomic E-state index is 14.3. The van der Waals surface area contributed by atoms with Crippen LogP contribution in [0.15, 0.2) is 24.4 Å². The van der Waals surface area contributed by atoms with Crippen molar-refractivity contribution in [2.75, 3.05) is 63.5 Å². The van der Waals surface area contributed by atoms with Gasteiger partial charge in [-0.25, -0.2) is 17.7 Å². The third-order valence-electron chi connectivity index (χ3n) is 6.17. The Bertz CT molecular complexity index is 1140. The number of nitrogens with zero attached hydrogens (tertiary/aromatic N) is 5. The molecule has 190 valence electrons. The molecule has 4 rings (SSSR count). The average Bonchev–Trinajstić information content (AvgIpc) is 2.82. The molecule has 2 aliphatic heterocycles. The molecule has 0 saturated carbocycles. The summed E-state index contributed by atoms with van der Waals surface area (Å²) in [4.78, 5) is 35.9. The first-order valence-electron chi connectivity index (χ1n) is 11.7. The minimum atomic E-state index is -1.08. The largest absolute Gasteiger partial charge is 0.444 e. The number of piperazine rings is 2. The highest BCUT2D eigenvalue weighted by molar-refractivity contribution is 7.81. The van der Waals surface area contributed by atoms with Crippen molar-refractivity contribution in [3.63, 3.8) is 0 Å². The zero-order valence-corrected chi connectivity index (χ0v) is 21.4. The number of pyridine rings is 1. The van der Waals surface area contributed by atoms with Crippen molar-refractivity contribution >= 4 is 39.6 Å². The maximum Gasteiger partial charge on any atom is 0.410 e. The van der Waals surface area contributed by atoms with E-state index in [0.29, 0.717) is 74.5 Å². The third-order valence-corrected chi connectivity index (χ3v) is 7.26. The zero-order chi connectivity index (χ0) is 25.3. The minimum Gasteiger partial charge on any atom is -0.444 e. The minimum absolute atomic E-state index is 0.185.